The highest BCUT2D eigenvalue weighted by molar-refractivity contribution is 7.10. The number of hydrogen-bond acceptors (Lipinski definition) is 4. The molecule has 1 aliphatic rings. The van der Waals surface area contributed by atoms with Gasteiger partial charge in [-0.15, -0.1) is 11.3 Å². The van der Waals surface area contributed by atoms with Gasteiger partial charge >= 0.3 is 0 Å². The number of nitrogens with two attached hydrogens (primary N) is 1. The summed E-state index contributed by atoms with van der Waals surface area (Å²) in [5.74, 6) is 0.648. The molecule has 1 amide bonds. The van der Waals surface area contributed by atoms with E-state index < -0.39 is 0 Å². The lowest BCUT2D eigenvalue weighted by Crippen LogP contribution is -2.38. The standard InChI is InChI=1S/C16H18N2O2S/c1-10-12-6-8-21-15(12)5-7-18(10)16(19)13-4-3-11(20-2)9-14(13)17/h3-4,6,8-10H,5,7,17H2,1-2H3. The van der Waals surface area contributed by atoms with Gasteiger partial charge in [0, 0.05) is 23.2 Å². The first kappa shape index (κ1) is 13.9. The number of carbonyl (C=O) groups is 1. The largest absolute Gasteiger partial charge is 0.497 e. The average Bonchev–Trinajstić information content (AvgIpc) is 2.96. The van der Waals surface area contributed by atoms with Crippen LogP contribution in [0.3, 0.4) is 0 Å². The van der Waals surface area contributed by atoms with Crippen LogP contribution in [0.25, 0.3) is 0 Å². The van der Waals surface area contributed by atoms with Gasteiger partial charge in [0.05, 0.1) is 18.7 Å². The first-order valence-electron chi connectivity index (χ1n) is 6.92. The van der Waals surface area contributed by atoms with Crippen LogP contribution in [0.2, 0.25) is 0 Å². The second kappa shape index (κ2) is 5.41. The Morgan fingerprint density at radius 3 is 2.95 bits per heavy atom. The van der Waals surface area contributed by atoms with Crippen LogP contribution in [0.5, 0.6) is 5.75 Å². The van der Waals surface area contributed by atoms with Crippen molar-refractivity contribution in [1.29, 1.82) is 0 Å². The number of thiophene rings is 1. The van der Waals surface area contributed by atoms with Crippen LogP contribution >= 0.6 is 11.3 Å². The maximum atomic E-state index is 12.8. The number of nitrogens with zero attached hydrogens (tertiary/aromatic N) is 1. The second-order valence-corrected chi connectivity index (χ2v) is 6.18. The van der Waals surface area contributed by atoms with Crippen molar-refractivity contribution in [2.45, 2.75) is 19.4 Å². The van der Waals surface area contributed by atoms with Crippen LogP contribution in [-0.2, 0) is 6.42 Å². The third-order valence-electron chi connectivity index (χ3n) is 4.03. The lowest BCUT2D eigenvalue weighted by atomic mass is 10.00. The molecule has 2 N–H and O–H groups in total. The van der Waals surface area contributed by atoms with Crippen molar-refractivity contribution in [3.8, 4) is 5.75 Å². The zero-order valence-electron chi connectivity index (χ0n) is 12.1. The number of methoxy groups -OCH3 is 1. The molecule has 21 heavy (non-hydrogen) atoms. The maximum absolute atomic E-state index is 12.8. The fourth-order valence-corrected chi connectivity index (χ4v) is 3.77. The number of amides is 1. The van der Waals surface area contributed by atoms with Gasteiger partial charge in [0.25, 0.3) is 5.91 Å². The molecule has 0 spiro atoms. The molecule has 1 aromatic carbocycles. The molecule has 1 aliphatic heterocycles. The first-order chi connectivity index (χ1) is 10.1. The van der Waals surface area contributed by atoms with E-state index in [2.05, 4.69) is 18.4 Å². The summed E-state index contributed by atoms with van der Waals surface area (Å²) in [6.07, 6.45) is 0.916. The van der Waals surface area contributed by atoms with E-state index in [1.807, 2.05) is 4.90 Å². The number of hydrogen-bond donors (Lipinski definition) is 1. The van der Waals surface area contributed by atoms with Crippen LogP contribution in [0.15, 0.2) is 29.6 Å². The Balaban J connectivity index is 1.89. The summed E-state index contributed by atoms with van der Waals surface area (Å²) in [5.41, 5.74) is 8.26. The molecule has 0 saturated heterocycles. The molecular weight excluding hydrogens is 284 g/mol. The minimum absolute atomic E-state index is 0.0143. The number of rotatable bonds is 2. The summed E-state index contributed by atoms with van der Waals surface area (Å²) in [7, 11) is 1.58. The van der Waals surface area contributed by atoms with Gasteiger partial charge in [-0.1, -0.05) is 0 Å². The Bertz CT molecular complexity index is 681. The number of nitrogen functional groups attached to an aromatic ring is 1. The molecule has 1 atom stereocenters. The van der Waals surface area contributed by atoms with Crippen molar-refractivity contribution in [1.82, 2.24) is 4.90 Å². The van der Waals surface area contributed by atoms with Gasteiger partial charge in [0.15, 0.2) is 0 Å². The monoisotopic (exact) mass is 302 g/mol. The summed E-state index contributed by atoms with van der Waals surface area (Å²) in [5, 5.41) is 2.09. The van der Waals surface area contributed by atoms with Crippen molar-refractivity contribution in [3.05, 3.63) is 45.6 Å². The van der Waals surface area contributed by atoms with Crippen molar-refractivity contribution >= 4 is 22.9 Å². The molecule has 1 unspecified atom stereocenters. The van der Waals surface area contributed by atoms with Crippen molar-refractivity contribution in [2.24, 2.45) is 0 Å². The number of carbonyl (C=O) groups excluding carboxylic acids is 1. The average molecular weight is 302 g/mol. The minimum Gasteiger partial charge on any atom is -0.497 e. The topological polar surface area (TPSA) is 55.6 Å². The highest BCUT2D eigenvalue weighted by Gasteiger charge is 2.29. The molecule has 0 fully saturated rings. The van der Waals surface area contributed by atoms with Crippen LogP contribution in [0, 0.1) is 0 Å². The molecule has 0 aliphatic carbocycles. The lowest BCUT2D eigenvalue weighted by molar-refractivity contribution is 0.0680. The predicted molar refractivity (Wildman–Crippen MR) is 84.9 cm³/mol. The molecule has 110 valence electrons. The van der Waals surface area contributed by atoms with Crippen LogP contribution < -0.4 is 10.5 Å². The molecule has 0 radical (unpaired) electrons. The Morgan fingerprint density at radius 2 is 2.24 bits per heavy atom. The molecule has 2 aromatic rings. The molecule has 5 heteroatoms. The fourth-order valence-electron chi connectivity index (χ4n) is 2.80. The van der Waals surface area contributed by atoms with E-state index in [0.29, 0.717) is 17.0 Å². The second-order valence-electron chi connectivity index (χ2n) is 5.18. The van der Waals surface area contributed by atoms with E-state index in [-0.39, 0.29) is 11.9 Å². The molecule has 3 rings (SSSR count). The van der Waals surface area contributed by atoms with E-state index in [1.165, 1.54) is 10.4 Å². The van der Waals surface area contributed by atoms with Gasteiger partial charge < -0.3 is 15.4 Å². The molecule has 4 nitrogen and oxygen atoms in total. The summed E-state index contributed by atoms with van der Waals surface area (Å²) >= 11 is 1.77. The minimum atomic E-state index is -0.0143. The van der Waals surface area contributed by atoms with E-state index in [0.717, 1.165) is 13.0 Å². The van der Waals surface area contributed by atoms with Crippen LogP contribution in [0.4, 0.5) is 5.69 Å². The predicted octanol–water partition coefficient (Wildman–Crippen LogP) is 3.10. The van der Waals surface area contributed by atoms with Crippen molar-refractivity contribution < 1.29 is 9.53 Å². The third kappa shape index (κ3) is 2.38. The lowest BCUT2D eigenvalue weighted by Gasteiger charge is -2.34. The van der Waals surface area contributed by atoms with Crippen LogP contribution in [0.1, 0.15) is 33.8 Å². The fraction of sp³-hybridized carbons (Fsp3) is 0.312. The smallest absolute Gasteiger partial charge is 0.256 e. The van der Waals surface area contributed by atoms with Gasteiger partial charge in [0.2, 0.25) is 0 Å². The van der Waals surface area contributed by atoms with Gasteiger partial charge in [-0.25, -0.2) is 0 Å². The van der Waals surface area contributed by atoms with Crippen LogP contribution in [-0.4, -0.2) is 24.5 Å². The summed E-state index contributed by atoms with van der Waals surface area (Å²) < 4.78 is 5.13. The summed E-state index contributed by atoms with van der Waals surface area (Å²) in [6, 6.07) is 7.41. The zero-order chi connectivity index (χ0) is 15.0. The highest BCUT2D eigenvalue weighted by Crippen LogP contribution is 2.34. The highest BCUT2D eigenvalue weighted by atomic mass is 32.1. The molecule has 1 aromatic heterocycles. The number of benzene rings is 1. The molecule has 0 bridgehead atoms. The van der Waals surface area contributed by atoms with E-state index >= 15 is 0 Å². The quantitative estimate of drug-likeness (QED) is 0.867. The molecule has 2 heterocycles. The zero-order valence-corrected chi connectivity index (χ0v) is 12.9. The van der Waals surface area contributed by atoms with E-state index in [1.54, 1.807) is 36.6 Å². The Morgan fingerprint density at radius 1 is 1.43 bits per heavy atom. The Hall–Kier alpha value is -2.01. The maximum Gasteiger partial charge on any atom is 0.256 e. The summed E-state index contributed by atoms with van der Waals surface area (Å²) in [6.45, 7) is 2.81. The third-order valence-corrected chi connectivity index (χ3v) is 5.02. The van der Waals surface area contributed by atoms with E-state index in [9.17, 15) is 4.79 Å². The Kier molecular flexibility index (Phi) is 3.59. The summed E-state index contributed by atoms with van der Waals surface area (Å²) in [4.78, 5) is 16.1. The van der Waals surface area contributed by atoms with Crippen molar-refractivity contribution in [3.63, 3.8) is 0 Å². The molecular formula is C16H18N2O2S. The van der Waals surface area contributed by atoms with E-state index in [4.69, 9.17) is 10.5 Å². The number of fused-ring (bicyclic) bond motifs is 1. The van der Waals surface area contributed by atoms with Gasteiger partial charge in [-0.2, -0.15) is 0 Å². The Labute approximate surface area is 128 Å². The number of anilines is 1. The van der Waals surface area contributed by atoms with Crippen molar-refractivity contribution in [2.75, 3.05) is 19.4 Å². The number of ether oxygens (including phenoxy) is 1. The normalized spacial score (nSPS) is 17.4. The van der Waals surface area contributed by atoms with Gasteiger partial charge in [0.1, 0.15) is 5.75 Å². The SMILES string of the molecule is COc1ccc(C(=O)N2CCc3sccc3C2C)c(N)c1. The molecule has 0 saturated carbocycles. The first-order valence-corrected chi connectivity index (χ1v) is 7.80. The van der Waals surface area contributed by atoms with Gasteiger partial charge in [-0.3, -0.25) is 4.79 Å². The van der Waals surface area contributed by atoms with Gasteiger partial charge in [-0.05, 0) is 42.5 Å².